The number of ether oxygens (including phenoxy) is 1. The Morgan fingerprint density at radius 1 is 1.16 bits per heavy atom. The van der Waals surface area contributed by atoms with E-state index in [9.17, 15) is 9.18 Å². The fourth-order valence-corrected chi connectivity index (χ4v) is 3.15. The van der Waals surface area contributed by atoms with Crippen molar-refractivity contribution in [1.82, 2.24) is 14.8 Å². The largest absolute Gasteiger partial charge is 0.468 e. The molecule has 0 aliphatic carbocycles. The fraction of sp³-hybridized carbons (Fsp3) is 0.368. The normalized spacial score (nSPS) is 17.2. The first-order valence-corrected chi connectivity index (χ1v) is 8.37. The Balaban J connectivity index is 1.66. The van der Waals surface area contributed by atoms with Crippen LogP contribution < -0.4 is 0 Å². The van der Waals surface area contributed by atoms with Gasteiger partial charge in [0.25, 0.3) is 0 Å². The molecule has 0 saturated carbocycles. The first-order valence-electron chi connectivity index (χ1n) is 8.37. The summed E-state index contributed by atoms with van der Waals surface area (Å²) in [6.45, 7) is 3.96. The summed E-state index contributed by atoms with van der Waals surface area (Å²) >= 11 is 0. The van der Waals surface area contributed by atoms with Crippen LogP contribution in [0.25, 0.3) is 0 Å². The van der Waals surface area contributed by atoms with Gasteiger partial charge in [-0.1, -0.05) is 18.2 Å². The number of aromatic nitrogens is 1. The molecule has 3 rings (SSSR count). The molecule has 5 nitrogen and oxygen atoms in total. The zero-order valence-electron chi connectivity index (χ0n) is 14.3. The smallest absolute Gasteiger partial charge is 0.327 e. The van der Waals surface area contributed by atoms with E-state index in [1.165, 1.54) is 19.2 Å². The van der Waals surface area contributed by atoms with Gasteiger partial charge in [0.05, 0.1) is 12.8 Å². The maximum Gasteiger partial charge on any atom is 0.327 e. The lowest BCUT2D eigenvalue weighted by molar-refractivity contribution is -0.148. The molecule has 1 fully saturated rings. The zero-order valence-corrected chi connectivity index (χ0v) is 14.3. The minimum Gasteiger partial charge on any atom is -0.468 e. The van der Waals surface area contributed by atoms with Gasteiger partial charge in [0.1, 0.15) is 11.9 Å². The van der Waals surface area contributed by atoms with E-state index in [-0.39, 0.29) is 11.8 Å². The number of benzene rings is 1. The Morgan fingerprint density at radius 2 is 1.88 bits per heavy atom. The molecular formula is C19H22FN3O2. The van der Waals surface area contributed by atoms with Crippen LogP contribution in [0.4, 0.5) is 4.39 Å². The van der Waals surface area contributed by atoms with Gasteiger partial charge in [-0.15, -0.1) is 0 Å². The minimum atomic E-state index is -0.498. The standard InChI is InChI=1S/C19H22FN3O2/c1-25-19(24)18(15-5-7-16(20)8-6-15)23-12-10-22(11-13-23)14-17-4-2-3-9-21-17/h2-9,18H,10-14H2,1H3. The van der Waals surface area contributed by atoms with Crippen LogP contribution in [-0.4, -0.2) is 54.0 Å². The third kappa shape index (κ3) is 4.41. The Morgan fingerprint density at radius 3 is 2.48 bits per heavy atom. The third-order valence-electron chi connectivity index (χ3n) is 4.49. The Hall–Kier alpha value is -2.31. The van der Waals surface area contributed by atoms with Crippen molar-refractivity contribution in [3.63, 3.8) is 0 Å². The highest BCUT2D eigenvalue weighted by Gasteiger charge is 2.31. The summed E-state index contributed by atoms with van der Waals surface area (Å²) in [4.78, 5) is 21.1. The van der Waals surface area contributed by atoms with Gasteiger partial charge in [0.15, 0.2) is 0 Å². The van der Waals surface area contributed by atoms with Crippen LogP contribution in [0.3, 0.4) is 0 Å². The van der Waals surface area contributed by atoms with Gasteiger partial charge in [-0.05, 0) is 29.8 Å². The number of methoxy groups -OCH3 is 1. The summed E-state index contributed by atoms with van der Waals surface area (Å²) < 4.78 is 18.2. The topological polar surface area (TPSA) is 45.7 Å². The average molecular weight is 343 g/mol. The minimum absolute atomic E-state index is 0.312. The van der Waals surface area contributed by atoms with E-state index >= 15 is 0 Å². The zero-order chi connectivity index (χ0) is 17.6. The first-order chi connectivity index (χ1) is 12.2. The van der Waals surface area contributed by atoms with Gasteiger partial charge in [-0.25, -0.2) is 9.18 Å². The number of nitrogens with zero attached hydrogens (tertiary/aromatic N) is 3. The van der Waals surface area contributed by atoms with E-state index in [2.05, 4.69) is 14.8 Å². The van der Waals surface area contributed by atoms with Crippen LogP contribution in [0.15, 0.2) is 48.7 Å². The third-order valence-corrected chi connectivity index (χ3v) is 4.49. The first kappa shape index (κ1) is 17.5. The van der Waals surface area contributed by atoms with Crippen molar-refractivity contribution >= 4 is 5.97 Å². The monoisotopic (exact) mass is 343 g/mol. The molecule has 1 aliphatic heterocycles. The van der Waals surface area contributed by atoms with Crippen LogP contribution in [0.2, 0.25) is 0 Å². The van der Waals surface area contributed by atoms with Gasteiger partial charge in [0.2, 0.25) is 0 Å². The van der Waals surface area contributed by atoms with E-state index in [1.54, 1.807) is 18.3 Å². The molecule has 0 amide bonds. The Labute approximate surface area is 147 Å². The second kappa shape index (κ2) is 8.18. The van der Waals surface area contributed by atoms with Crippen LogP contribution >= 0.6 is 0 Å². The molecule has 2 heterocycles. The van der Waals surface area contributed by atoms with Gasteiger partial charge < -0.3 is 4.74 Å². The van der Waals surface area contributed by atoms with Crippen molar-refractivity contribution in [3.05, 3.63) is 65.7 Å². The summed E-state index contributed by atoms with van der Waals surface area (Å²) in [6.07, 6.45) is 1.80. The fourth-order valence-electron chi connectivity index (χ4n) is 3.15. The molecule has 1 aliphatic rings. The highest BCUT2D eigenvalue weighted by molar-refractivity contribution is 5.77. The highest BCUT2D eigenvalue weighted by atomic mass is 19.1. The molecule has 0 bridgehead atoms. The second-order valence-electron chi connectivity index (χ2n) is 6.11. The second-order valence-corrected chi connectivity index (χ2v) is 6.11. The van der Waals surface area contributed by atoms with E-state index in [0.717, 1.165) is 44.0 Å². The van der Waals surface area contributed by atoms with Crippen molar-refractivity contribution < 1.29 is 13.9 Å². The molecule has 132 valence electrons. The SMILES string of the molecule is COC(=O)C(c1ccc(F)cc1)N1CCN(Cc2ccccn2)CC1. The van der Waals surface area contributed by atoms with E-state index in [4.69, 9.17) is 4.74 Å². The highest BCUT2D eigenvalue weighted by Crippen LogP contribution is 2.24. The maximum absolute atomic E-state index is 13.2. The van der Waals surface area contributed by atoms with E-state index in [0.29, 0.717) is 0 Å². The van der Waals surface area contributed by atoms with Crippen LogP contribution in [-0.2, 0) is 16.1 Å². The van der Waals surface area contributed by atoms with E-state index < -0.39 is 6.04 Å². The number of pyridine rings is 1. The molecule has 1 aromatic heterocycles. The molecule has 0 radical (unpaired) electrons. The molecule has 0 spiro atoms. The summed E-state index contributed by atoms with van der Waals surface area (Å²) in [7, 11) is 1.39. The lowest BCUT2D eigenvalue weighted by Crippen LogP contribution is -2.49. The molecule has 1 unspecified atom stereocenters. The number of esters is 1. The predicted octanol–water partition coefficient (Wildman–Crippen LogP) is 2.25. The van der Waals surface area contributed by atoms with Crippen LogP contribution in [0.5, 0.6) is 0 Å². The number of halogens is 1. The molecule has 0 N–H and O–H groups in total. The van der Waals surface area contributed by atoms with Crippen molar-refractivity contribution in [2.45, 2.75) is 12.6 Å². The summed E-state index contributed by atoms with van der Waals surface area (Å²) in [5.41, 5.74) is 1.80. The molecule has 1 saturated heterocycles. The number of hydrogen-bond acceptors (Lipinski definition) is 5. The average Bonchev–Trinajstić information content (AvgIpc) is 2.65. The van der Waals surface area contributed by atoms with Crippen LogP contribution in [0, 0.1) is 5.82 Å². The van der Waals surface area contributed by atoms with Crippen LogP contribution in [0.1, 0.15) is 17.3 Å². The number of piperazine rings is 1. The maximum atomic E-state index is 13.2. The van der Waals surface area contributed by atoms with Crippen molar-refractivity contribution in [1.29, 1.82) is 0 Å². The molecule has 25 heavy (non-hydrogen) atoms. The number of carbonyl (C=O) groups is 1. The quantitative estimate of drug-likeness (QED) is 0.779. The van der Waals surface area contributed by atoms with Gasteiger partial charge >= 0.3 is 5.97 Å². The Kier molecular flexibility index (Phi) is 5.73. The van der Waals surface area contributed by atoms with Crippen molar-refractivity contribution in [3.8, 4) is 0 Å². The molecule has 6 heteroatoms. The molecule has 1 atom stereocenters. The lowest BCUT2D eigenvalue weighted by atomic mass is 10.0. The number of carbonyl (C=O) groups excluding carboxylic acids is 1. The summed E-state index contributed by atoms with van der Waals surface area (Å²) in [5, 5.41) is 0. The summed E-state index contributed by atoms with van der Waals surface area (Å²) in [6, 6.07) is 11.5. The van der Waals surface area contributed by atoms with Gasteiger partial charge in [-0.2, -0.15) is 0 Å². The van der Waals surface area contributed by atoms with E-state index in [1.807, 2.05) is 18.2 Å². The molecular weight excluding hydrogens is 321 g/mol. The van der Waals surface area contributed by atoms with Gasteiger partial charge in [0, 0.05) is 38.9 Å². The van der Waals surface area contributed by atoms with Crippen molar-refractivity contribution in [2.24, 2.45) is 0 Å². The molecule has 2 aromatic rings. The lowest BCUT2D eigenvalue weighted by Gasteiger charge is -2.38. The van der Waals surface area contributed by atoms with Gasteiger partial charge in [-0.3, -0.25) is 14.8 Å². The number of hydrogen-bond donors (Lipinski definition) is 0. The number of rotatable bonds is 5. The predicted molar refractivity (Wildman–Crippen MR) is 92.2 cm³/mol. The van der Waals surface area contributed by atoms with Crippen molar-refractivity contribution in [2.75, 3.05) is 33.3 Å². The molecule has 1 aromatic carbocycles. The summed E-state index contributed by atoms with van der Waals surface area (Å²) in [5.74, 6) is -0.627. The Bertz CT molecular complexity index is 686.